The van der Waals surface area contributed by atoms with Gasteiger partial charge in [0.25, 0.3) is 0 Å². The quantitative estimate of drug-likeness (QED) is 0.344. The molecule has 0 aromatic heterocycles. The molecule has 4 unspecified atom stereocenters. The molecule has 9 nitrogen and oxygen atoms in total. The second kappa shape index (κ2) is 11.5. The second-order valence-electron chi connectivity index (χ2n) is 18.5. The molecule has 0 aromatic carbocycles. The highest BCUT2D eigenvalue weighted by molar-refractivity contribution is 5.74. The molecule has 49 heavy (non-hydrogen) atoms. The summed E-state index contributed by atoms with van der Waals surface area (Å²) in [5.41, 5.74) is -0.146. The lowest BCUT2D eigenvalue weighted by molar-refractivity contribution is -0.256. The van der Waals surface area contributed by atoms with Gasteiger partial charge in [-0.2, -0.15) is 13.2 Å². The maximum Gasteiger partial charge on any atom is 0.414 e. The van der Waals surface area contributed by atoms with E-state index in [1.807, 2.05) is 0 Å². The van der Waals surface area contributed by atoms with Gasteiger partial charge < -0.3 is 29.2 Å². The van der Waals surface area contributed by atoms with Crippen LogP contribution in [0.15, 0.2) is 0 Å². The van der Waals surface area contributed by atoms with E-state index < -0.39 is 36.5 Å². The molecule has 5 aliphatic carbocycles. The number of alkyl halides is 3. The number of nitrogens with one attached hydrogen (secondary N) is 1. The van der Waals surface area contributed by atoms with E-state index in [4.69, 9.17) is 18.9 Å². The minimum atomic E-state index is -4.90. The SMILES string of the molecule is C[C@@H]1CC(CNC(C(=O)O)C(F)(F)F)OC2[C@H]1[C@@]1(C)CC[C@@]34C[C@@]35CC[C@H](O[C@H]3CN(C6COC6)CCO3)C(C)(C)[C@@H]5CCC4[C@]1(C)[C@H]2O. The summed E-state index contributed by atoms with van der Waals surface area (Å²) in [5.74, 6) is -0.852. The van der Waals surface area contributed by atoms with Gasteiger partial charge in [-0.15, -0.1) is 0 Å². The summed E-state index contributed by atoms with van der Waals surface area (Å²) in [6.45, 7) is 15.4. The first-order valence-electron chi connectivity index (χ1n) is 18.9. The zero-order valence-corrected chi connectivity index (χ0v) is 29.8. The lowest BCUT2D eigenvalue weighted by Gasteiger charge is -2.64. The largest absolute Gasteiger partial charge is 0.480 e. The number of nitrogens with zero attached hydrogens (tertiary/aromatic N) is 1. The zero-order valence-electron chi connectivity index (χ0n) is 29.8. The Morgan fingerprint density at radius 3 is 2.45 bits per heavy atom. The summed E-state index contributed by atoms with van der Waals surface area (Å²) in [6, 6.07) is -2.17. The van der Waals surface area contributed by atoms with Crippen LogP contribution in [-0.2, 0) is 23.7 Å². The van der Waals surface area contributed by atoms with Crippen molar-refractivity contribution in [2.45, 2.75) is 135 Å². The first-order chi connectivity index (χ1) is 23.0. The van der Waals surface area contributed by atoms with Crippen molar-refractivity contribution in [3.63, 3.8) is 0 Å². The lowest BCUT2D eigenvalue weighted by atomic mass is 9.41. The fourth-order valence-electron chi connectivity index (χ4n) is 14.0. The molecule has 5 saturated carbocycles. The molecule has 8 aliphatic rings. The molecule has 278 valence electrons. The monoisotopic (exact) mass is 698 g/mol. The van der Waals surface area contributed by atoms with E-state index in [0.29, 0.717) is 30.9 Å². The molecule has 12 heteroatoms. The molecular weight excluding hydrogens is 641 g/mol. The van der Waals surface area contributed by atoms with Crippen LogP contribution in [0.5, 0.6) is 0 Å². The summed E-state index contributed by atoms with van der Waals surface area (Å²) in [7, 11) is 0. The topological polar surface area (TPSA) is 110 Å². The number of carboxylic acid groups (broad SMARTS) is 1. The Bertz CT molecular complexity index is 1310. The van der Waals surface area contributed by atoms with Crippen LogP contribution < -0.4 is 5.32 Å². The number of halogens is 3. The number of rotatable bonds is 7. The van der Waals surface area contributed by atoms with Gasteiger partial charge >= 0.3 is 12.1 Å². The molecule has 0 amide bonds. The van der Waals surface area contributed by atoms with Crippen molar-refractivity contribution < 1.29 is 47.1 Å². The van der Waals surface area contributed by atoms with E-state index in [1.165, 1.54) is 6.42 Å². The molecular formula is C37H57F3N2O7. The number of carbonyl (C=O) groups is 1. The normalized spacial score (nSPS) is 51.3. The Balaban J connectivity index is 0.989. The van der Waals surface area contributed by atoms with Crippen LogP contribution in [0, 0.1) is 50.7 Å². The predicted octanol–water partition coefficient (Wildman–Crippen LogP) is 4.85. The van der Waals surface area contributed by atoms with E-state index in [1.54, 1.807) is 0 Å². The zero-order chi connectivity index (χ0) is 34.9. The minimum Gasteiger partial charge on any atom is -0.480 e. The number of aliphatic hydroxyl groups is 1. The Hall–Kier alpha value is -1.02. The summed E-state index contributed by atoms with van der Waals surface area (Å²) in [6.07, 6.45) is 1.37. The number of aliphatic carboxylic acids is 1. The van der Waals surface area contributed by atoms with Crippen LogP contribution in [0.2, 0.25) is 0 Å². The molecule has 3 aliphatic heterocycles. The van der Waals surface area contributed by atoms with Crippen LogP contribution in [0.3, 0.4) is 0 Å². The van der Waals surface area contributed by atoms with E-state index >= 15 is 0 Å². The highest BCUT2D eigenvalue weighted by Gasteiger charge is 2.84. The third kappa shape index (κ3) is 4.85. The third-order valence-electron chi connectivity index (χ3n) is 16.5. The van der Waals surface area contributed by atoms with Crippen LogP contribution in [0.1, 0.15) is 86.0 Å². The molecule has 0 bridgehead atoms. The van der Waals surface area contributed by atoms with Gasteiger partial charge in [0.2, 0.25) is 6.04 Å². The summed E-state index contributed by atoms with van der Waals surface area (Å²) in [5, 5.41) is 23.8. The van der Waals surface area contributed by atoms with Gasteiger partial charge in [0, 0.05) is 18.5 Å². The summed E-state index contributed by atoms with van der Waals surface area (Å²) < 4.78 is 65.1. The van der Waals surface area contributed by atoms with Crippen molar-refractivity contribution >= 4 is 5.97 Å². The minimum absolute atomic E-state index is 0.00997. The van der Waals surface area contributed by atoms with Gasteiger partial charge in [0.15, 0.2) is 6.29 Å². The predicted molar refractivity (Wildman–Crippen MR) is 172 cm³/mol. The first-order valence-corrected chi connectivity index (χ1v) is 18.9. The van der Waals surface area contributed by atoms with Gasteiger partial charge in [0.05, 0.1) is 56.8 Å². The smallest absolute Gasteiger partial charge is 0.414 e. The maximum absolute atomic E-state index is 13.4. The van der Waals surface area contributed by atoms with Crippen LogP contribution in [0.4, 0.5) is 13.2 Å². The van der Waals surface area contributed by atoms with Gasteiger partial charge in [-0.3, -0.25) is 15.0 Å². The first kappa shape index (κ1) is 35.0. The fraction of sp³-hybridized carbons (Fsp3) is 0.973. The molecule has 2 spiro atoms. The van der Waals surface area contributed by atoms with E-state index in [2.05, 4.69) is 44.8 Å². The van der Waals surface area contributed by atoms with Gasteiger partial charge in [-0.1, -0.05) is 34.6 Å². The van der Waals surface area contributed by atoms with Crippen molar-refractivity contribution in [2.75, 3.05) is 39.5 Å². The van der Waals surface area contributed by atoms with Crippen LogP contribution in [-0.4, -0.2) is 110 Å². The average molecular weight is 699 g/mol. The Labute approximate surface area is 288 Å². The maximum atomic E-state index is 13.4. The Morgan fingerprint density at radius 1 is 1.06 bits per heavy atom. The Morgan fingerprint density at radius 2 is 1.78 bits per heavy atom. The number of fused-ring (bicyclic) bond motifs is 4. The van der Waals surface area contributed by atoms with E-state index in [9.17, 15) is 28.2 Å². The van der Waals surface area contributed by atoms with Crippen molar-refractivity contribution in [2.24, 2.45) is 50.7 Å². The van der Waals surface area contributed by atoms with Crippen molar-refractivity contribution in [1.29, 1.82) is 0 Å². The standard InChI is InChI=1S/C37H57F3N2O7/c1-20-14-22(15-41-29(31(44)45)37(38,39)40)48-28-27(20)33(4)10-11-36-19-35(36)9-8-25(49-26-16-42(12-13-47-26)21-17-46-18-21)32(2,3)23(35)6-7-24(36)34(33,5)30(28)43/h20-30,41,43H,6-19H2,1-5H3,(H,44,45)/t20-,22?,23+,24?,25+,26+,27+,28?,29?,30+,33-,34-,35-,36+/m1/s1. The van der Waals surface area contributed by atoms with Gasteiger partial charge in [0.1, 0.15) is 0 Å². The molecule has 0 radical (unpaired) electrons. The fourth-order valence-corrected chi connectivity index (χ4v) is 14.0. The highest BCUT2D eigenvalue weighted by atomic mass is 19.4. The molecule has 0 aromatic rings. The number of morpholine rings is 1. The number of carboxylic acids is 1. The number of hydrogen-bond acceptors (Lipinski definition) is 8. The van der Waals surface area contributed by atoms with E-state index in [0.717, 1.165) is 64.8 Å². The van der Waals surface area contributed by atoms with Crippen molar-refractivity contribution in [3.05, 3.63) is 0 Å². The summed E-state index contributed by atoms with van der Waals surface area (Å²) in [4.78, 5) is 13.8. The van der Waals surface area contributed by atoms with Crippen LogP contribution in [0.25, 0.3) is 0 Å². The molecule has 3 heterocycles. The molecule has 8 fully saturated rings. The molecule has 3 N–H and O–H groups in total. The number of ether oxygens (including phenoxy) is 4. The van der Waals surface area contributed by atoms with Crippen LogP contribution >= 0.6 is 0 Å². The van der Waals surface area contributed by atoms with Gasteiger partial charge in [-0.25, -0.2) is 0 Å². The lowest BCUT2D eigenvalue weighted by Crippen LogP contribution is -2.60. The second-order valence-corrected chi connectivity index (χ2v) is 18.5. The number of aliphatic hydroxyl groups excluding tert-OH is 1. The average Bonchev–Trinajstić information content (AvgIpc) is 3.62. The van der Waals surface area contributed by atoms with Gasteiger partial charge in [-0.05, 0) is 96.7 Å². The van der Waals surface area contributed by atoms with Crippen molar-refractivity contribution in [1.82, 2.24) is 10.2 Å². The third-order valence-corrected chi connectivity index (χ3v) is 16.5. The summed E-state index contributed by atoms with van der Waals surface area (Å²) >= 11 is 0. The highest BCUT2D eigenvalue weighted by Crippen LogP contribution is 2.89. The molecule has 14 atom stereocenters. The Kier molecular flexibility index (Phi) is 8.21. The van der Waals surface area contributed by atoms with Crippen molar-refractivity contribution in [3.8, 4) is 0 Å². The number of hydrogen-bond donors (Lipinski definition) is 3. The molecule has 8 rings (SSSR count). The van der Waals surface area contributed by atoms with E-state index in [-0.39, 0.29) is 57.8 Å². The molecule has 3 saturated heterocycles.